The number of nitrogens with one attached hydrogen (secondary N) is 1. The van der Waals surface area contributed by atoms with Gasteiger partial charge < -0.3 is 33.7 Å². The zero-order valence-corrected chi connectivity index (χ0v) is 18.9. The molecule has 0 aromatic heterocycles. The number of methoxy groups -OCH3 is 1. The van der Waals surface area contributed by atoms with Gasteiger partial charge in [0.25, 0.3) is 0 Å². The van der Waals surface area contributed by atoms with Gasteiger partial charge in [0, 0.05) is 6.42 Å². The first-order chi connectivity index (χ1) is 14.6. The van der Waals surface area contributed by atoms with Crippen molar-refractivity contribution in [2.45, 2.75) is 45.3 Å². The fraction of sp³-hybridized carbons (Fsp3) is 0.636. The Hall–Kier alpha value is -2.52. The highest BCUT2D eigenvalue weighted by atomic mass is 16.6. The molecule has 0 fully saturated rings. The van der Waals surface area contributed by atoms with Gasteiger partial charge in [-0.1, -0.05) is 6.07 Å². The first-order valence-corrected chi connectivity index (χ1v) is 10.3. The van der Waals surface area contributed by atoms with E-state index in [4.69, 9.17) is 28.4 Å². The van der Waals surface area contributed by atoms with Crippen LogP contribution < -0.4 is 14.8 Å². The second-order valence-corrected chi connectivity index (χ2v) is 8.33. The zero-order valence-electron chi connectivity index (χ0n) is 18.9. The van der Waals surface area contributed by atoms with E-state index in [-0.39, 0.29) is 6.42 Å². The van der Waals surface area contributed by atoms with Crippen molar-refractivity contribution in [2.75, 3.05) is 46.8 Å². The molecule has 1 aromatic rings. The van der Waals surface area contributed by atoms with Gasteiger partial charge in [-0.15, -0.1) is 0 Å². The molecule has 0 saturated heterocycles. The van der Waals surface area contributed by atoms with Crippen LogP contribution in [0.3, 0.4) is 0 Å². The number of esters is 1. The first kappa shape index (κ1) is 24.7. The summed E-state index contributed by atoms with van der Waals surface area (Å²) in [4.78, 5) is 24.8. The van der Waals surface area contributed by atoms with E-state index in [1.54, 1.807) is 39.8 Å². The highest BCUT2D eigenvalue weighted by Gasteiger charge is 2.38. The molecule has 31 heavy (non-hydrogen) atoms. The van der Waals surface area contributed by atoms with Crippen molar-refractivity contribution in [1.29, 1.82) is 0 Å². The van der Waals surface area contributed by atoms with Crippen molar-refractivity contribution in [3.05, 3.63) is 23.8 Å². The van der Waals surface area contributed by atoms with Crippen LogP contribution in [0.4, 0.5) is 4.79 Å². The van der Waals surface area contributed by atoms with Crippen molar-refractivity contribution in [3.8, 4) is 11.5 Å². The first-order valence-electron chi connectivity index (χ1n) is 10.3. The van der Waals surface area contributed by atoms with Gasteiger partial charge in [-0.3, -0.25) is 0 Å². The molecule has 0 aliphatic carbocycles. The van der Waals surface area contributed by atoms with Crippen molar-refractivity contribution in [3.63, 3.8) is 0 Å². The number of benzene rings is 1. The molecule has 0 unspecified atom stereocenters. The summed E-state index contributed by atoms with van der Waals surface area (Å²) < 4.78 is 32.7. The van der Waals surface area contributed by atoms with Crippen LogP contribution in [0.5, 0.6) is 11.5 Å². The van der Waals surface area contributed by atoms with Crippen LogP contribution in [0.2, 0.25) is 0 Å². The molecule has 0 radical (unpaired) electrons. The van der Waals surface area contributed by atoms with E-state index in [2.05, 4.69) is 5.32 Å². The number of hydrogen-bond donors (Lipinski definition) is 1. The molecule has 9 nitrogen and oxygen atoms in total. The topological polar surface area (TPSA) is 102 Å². The third-order valence-electron chi connectivity index (χ3n) is 4.32. The molecule has 1 aromatic carbocycles. The number of ether oxygens (including phenoxy) is 6. The van der Waals surface area contributed by atoms with Crippen LogP contribution >= 0.6 is 0 Å². The predicted molar refractivity (Wildman–Crippen MR) is 113 cm³/mol. The Labute approximate surface area is 183 Å². The van der Waals surface area contributed by atoms with E-state index in [1.165, 1.54) is 7.11 Å². The number of carbonyl (C=O) groups excluding carboxylic acids is 2. The third kappa shape index (κ3) is 8.26. The molecule has 0 bridgehead atoms. The Morgan fingerprint density at radius 3 is 2.10 bits per heavy atom. The largest absolute Gasteiger partial charge is 0.487 e. The van der Waals surface area contributed by atoms with Crippen LogP contribution in [0.1, 0.15) is 33.3 Å². The number of rotatable bonds is 4. The second-order valence-electron chi connectivity index (χ2n) is 8.33. The summed E-state index contributed by atoms with van der Waals surface area (Å²) in [5.74, 6) is 0.493. The summed E-state index contributed by atoms with van der Waals surface area (Å²) in [6, 6.07) is 5.35. The molecule has 1 heterocycles. The van der Waals surface area contributed by atoms with Crippen molar-refractivity contribution in [1.82, 2.24) is 5.32 Å². The van der Waals surface area contributed by atoms with E-state index >= 15 is 0 Å². The zero-order chi connectivity index (χ0) is 22.9. The Bertz CT molecular complexity index is 746. The summed E-state index contributed by atoms with van der Waals surface area (Å²) in [6.07, 6.45) is -0.543. The summed E-state index contributed by atoms with van der Waals surface area (Å²) in [6.45, 7) is 9.38. The van der Waals surface area contributed by atoms with Crippen LogP contribution in [0.25, 0.3) is 0 Å². The molecule has 1 aliphatic rings. The second kappa shape index (κ2) is 11.2. The SMILES string of the molecule is COC(=O)[C@](C)(Cc1ccc2c(c1)OCCOCCOCCO2)NC(=O)OC(C)(C)C. The van der Waals surface area contributed by atoms with Crippen molar-refractivity contribution in [2.24, 2.45) is 0 Å². The van der Waals surface area contributed by atoms with Gasteiger partial charge in [-0.25, -0.2) is 9.59 Å². The molecule has 1 atom stereocenters. The molecule has 2 rings (SSSR count). The molecule has 0 saturated carbocycles. The smallest absolute Gasteiger partial charge is 0.408 e. The summed E-state index contributed by atoms with van der Waals surface area (Å²) in [5.41, 5.74) is -1.29. The Morgan fingerprint density at radius 2 is 1.52 bits per heavy atom. The number of alkyl carbamates (subject to hydrolysis) is 1. The number of hydrogen-bond acceptors (Lipinski definition) is 8. The molecule has 1 aliphatic heterocycles. The molecule has 1 N–H and O–H groups in total. The van der Waals surface area contributed by atoms with Crippen LogP contribution in [-0.4, -0.2) is 70.0 Å². The molecule has 1 amide bonds. The number of fused-ring (bicyclic) bond motifs is 1. The van der Waals surface area contributed by atoms with Gasteiger partial charge in [-0.2, -0.15) is 0 Å². The maximum atomic E-state index is 12.5. The Morgan fingerprint density at radius 1 is 0.935 bits per heavy atom. The van der Waals surface area contributed by atoms with E-state index < -0.39 is 23.2 Å². The molecular formula is C22H33NO8. The minimum absolute atomic E-state index is 0.162. The van der Waals surface area contributed by atoms with Crippen molar-refractivity contribution >= 4 is 12.1 Å². The van der Waals surface area contributed by atoms with Gasteiger partial charge in [0.2, 0.25) is 0 Å². The van der Waals surface area contributed by atoms with Crippen LogP contribution in [-0.2, 0) is 30.2 Å². The van der Waals surface area contributed by atoms with Gasteiger partial charge in [-0.05, 0) is 45.4 Å². The highest BCUT2D eigenvalue weighted by molar-refractivity contribution is 5.85. The average Bonchev–Trinajstić information content (AvgIpc) is 2.66. The third-order valence-corrected chi connectivity index (χ3v) is 4.32. The maximum absolute atomic E-state index is 12.5. The lowest BCUT2D eigenvalue weighted by molar-refractivity contribution is -0.147. The fourth-order valence-corrected chi connectivity index (χ4v) is 2.97. The quantitative estimate of drug-likeness (QED) is 0.714. The maximum Gasteiger partial charge on any atom is 0.408 e. The minimum atomic E-state index is -1.34. The average molecular weight is 440 g/mol. The van der Waals surface area contributed by atoms with Gasteiger partial charge in [0.05, 0.1) is 33.5 Å². The van der Waals surface area contributed by atoms with E-state index in [9.17, 15) is 9.59 Å². The molecular weight excluding hydrogens is 406 g/mol. The lowest BCUT2D eigenvalue weighted by atomic mass is 9.92. The van der Waals surface area contributed by atoms with E-state index in [1.807, 2.05) is 6.07 Å². The van der Waals surface area contributed by atoms with Crippen molar-refractivity contribution < 1.29 is 38.0 Å². The van der Waals surface area contributed by atoms with Gasteiger partial charge >= 0.3 is 12.1 Å². The number of amides is 1. The fourth-order valence-electron chi connectivity index (χ4n) is 2.97. The summed E-state index contributed by atoms with van der Waals surface area (Å²) in [7, 11) is 1.27. The predicted octanol–water partition coefficient (Wildman–Crippen LogP) is 2.49. The lowest BCUT2D eigenvalue weighted by Gasteiger charge is -2.30. The Kier molecular flexibility index (Phi) is 8.94. The van der Waals surface area contributed by atoms with Crippen LogP contribution in [0.15, 0.2) is 18.2 Å². The highest BCUT2D eigenvalue weighted by Crippen LogP contribution is 2.30. The standard InChI is InChI=1S/C22H33NO8/c1-21(2,3)31-20(25)23-22(4,19(24)26-5)15-16-6-7-17-18(14-16)30-13-11-28-9-8-27-10-12-29-17/h6-7,14H,8-13,15H2,1-5H3,(H,23,25)/t22-/m0/s1. The van der Waals surface area contributed by atoms with E-state index in [0.29, 0.717) is 51.1 Å². The summed E-state index contributed by atoms with van der Waals surface area (Å²) >= 11 is 0. The van der Waals surface area contributed by atoms with E-state index in [0.717, 1.165) is 5.56 Å². The molecule has 0 spiro atoms. The monoisotopic (exact) mass is 439 g/mol. The normalized spacial score (nSPS) is 17.3. The van der Waals surface area contributed by atoms with Gasteiger partial charge in [0.15, 0.2) is 11.5 Å². The Balaban J connectivity index is 2.20. The minimum Gasteiger partial charge on any atom is -0.487 e. The molecule has 9 heteroatoms. The summed E-state index contributed by atoms with van der Waals surface area (Å²) in [5, 5.41) is 2.64. The molecule has 174 valence electrons. The lowest BCUT2D eigenvalue weighted by Crippen LogP contribution is -2.55. The van der Waals surface area contributed by atoms with Crippen LogP contribution in [0, 0.1) is 0 Å². The number of carbonyl (C=O) groups is 2. The van der Waals surface area contributed by atoms with Gasteiger partial charge in [0.1, 0.15) is 24.4 Å².